The Balaban J connectivity index is 2.76. The highest BCUT2D eigenvalue weighted by Gasteiger charge is 2.05. The second kappa shape index (κ2) is 4.46. The van der Waals surface area contributed by atoms with Crippen molar-refractivity contribution < 1.29 is 14.6 Å². The highest BCUT2D eigenvalue weighted by atomic mass is 16.5. The molecule has 14 heavy (non-hydrogen) atoms. The summed E-state index contributed by atoms with van der Waals surface area (Å²) in [5.74, 6) is -0.242. The third kappa shape index (κ3) is 2.62. The Morgan fingerprint density at radius 3 is 2.86 bits per heavy atom. The van der Waals surface area contributed by atoms with Crippen molar-refractivity contribution in [3.63, 3.8) is 0 Å². The lowest BCUT2D eigenvalue weighted by atomic mass is 10.1. The fraction of sp³-hybridized carbons (Fsp3) is 0.182. The molecule has 0 aliphatic heterocycles. The molecular weight excluding hydrogens is 180 g/mol. The van der Waals surface area contributed by atoms with Crippen LogP contribution in [0.3, 0.4) is 0 Å². The molecule has 0 unspecified atom stereocenters. The molecule has 1 aromatic rings. The van der Waals surface area contributed by atoms with Crippen LogP contribution in [0.2, 0.25) is 0 Å². The summed E-state index contributed by atoms with van der Waals surface area (Å²) in [6, 6.07) is 7.28. The maximum atomic E-state index is 10.5. The lowest BCUT2D eigenvalue weighted by Gasteiger charge is -2.03. The van der Waals surface area contributed by atoms with Crippen molar-refractivity contribution in [1.29, 1.82) is 0 Å². The lowest BCUT2D eigenvalue weighted by Crippen LogP contribution is -2.02. The predicted molar refractivity (Wildman–Crippen MR) is 53.5 cm³/mol. The number of hydrogen-bond acceptors (Lipinski definition) is 2. The summed E-state index contributed by atoms with van der Waals surface area (Å²) >= 11 is 0. The minimum atomic E-state index is -0.965. The summed E-state index contributed by atoms with van der Waals surface area (Å²) in [6.07, 6.45) is 0.340. The van der Waals surface area contributed by atoms with Crippen LogP contribution >= 0.6 is 0 Å². The first-order chi connectivity index (χ1) is 6.63. The highest BCUT2D eigenvalue weighted by Crippen LogP contribution is 2.15. The molecule has 3 heteroatoms. The van der Waals surface area contributed by atoms with Crippen molar-refractivity contribution in [2.75, 3.05) is 7.11 Å². The highest BCUT2D eigenvalue weighted by molar-refractivity contribution is 5.86. The van der Waals surface area contributed by atoms with E-state index in [1.807, 2.05) is 18.2 Å². The molecule has 0 bridgehead atoms. The zero-order valence-electron chi connectivity index (χ0n) is 7.99. The first-order valence-electron chi connectivity index (χ1n) is 4.17. The second-order valence-corrected chi connectivity index (χ2v) is 2.94. The predicted octanol–water partition coefficient (Wildman–Crippen LogP) is 1.88. The Kier molecular flexibility index (Phi) is 3.29. The summed E-state index contributed by atoms with van der Waals surface area (Å²) in [4.78, 5) is 10.5. The number of carboxylic acid groups (broad SMARTS) is 1. The molecule has 0 amide bonds. The molecule has 1 rings (SSSR count). The van der Waals surface area contributed by atoms with Crippen molar-refractivity contribution in [3.8, 4) is 5.75 Å². The summed E-state index contributed by atoms with van der Waals surface area (Å²) in [5.41, 5.74) is 1.06. The SMILES string of the molecule is C=C(Cc1cccc(OC)c1)C(=O)O. The van der Waals surface area contributed by atoms with Crippen molar-refractivity contribution in [2.24, 2.45) is 0 Å². The van der Waals surface area contributed by atoms with Crippen LogP contribution in [-0.2, 0) is 11.2 Å². The van der Waals surface area contributed by atoms with E-state index in [2.05, 4.69) is 6.58 Å². The lowest BCUT2D eigenvalue weighted by molar-refractivity contribution is -0.132. The minimum absolute atomic E-state index is 0.179. The molecule has 1 aromatic carbocycles. The van der Waals surface area contributed by atoms with E-state index in [1.165, 1.54) is 0 Å². The smallest absolute Gasteiger partial charge is 0.331 e. The maximum Gasteiger partial charge on any atom is 0.331 e. The molecule has 1 N–H and O–H groups in total. The molecule has 0 radical (unpaired) electrons. The number of aliphatic carboxylic acids is 1. The van der Waals surface area contributed by atoms with Gasteiger partial charge in [0.15, 0.2) is 0 Å². The number of ether oxygens (including phenoxy) is 1. The van der Waals surface area contributed by atoms with Gasteiger partial charge in [0.25, 0.3) is 0 Å². The van der Waals surface area contributed by atoms with E-state index in [4.69, 9.17) is 9.84 Å². The molecule has 3 nitrogen and oxygen atoms in total. The van der Waals surface area contributed by atoms with Crippen LogP contribution in [0, 0.1) is 0 Å². The van der Waals surface area contributed by atoms with Gasteiger partial charge >= 0.3 is 5.97 Å². The van der Waals surface area contributed by atoms with E-state index in [0.29, 0.717) is 6.42 Å². The first-order valence-corrected chi connectivity index (χ1v) is 4.17. The standard InChI is InChI=1S/C11H12O3/c1-8(11(12)13)6-9-4-3-5-10(7-9)14-2/h3-5,7H,1,6H2,2H3,(H,12,13). The summed E-state index contributed by atoms with van der Waals surface area (Å²) in [6.45, 7) is 3.46. The van der Waals surface area contributed by atoms with Gasteiger partial charge in [-0.2, -0.15) is 0 Å². The molecule has 0 saturated heterocycles. The minimum Gasteiger partial charge on any atom is -0.497 e. The van der Waals surface area contributed by atoms with E-state index in [0.717, 1.165) is 11.3 Å². The second-order valence-electron chi connectivity index (χ2n) is 2.94. The Hall–Kier alpha value is -1.77. The summed E-state index contributed by atoms with van der Waals surface area (Å²) < 4.78 is 5.02. The van der Waals surface area contributed by atoms with Crippen LogP contribution in [-0.4, -0.2) is 18.2 Å². The number of rotatable bonds is 4. The summed E-state index contributed by atoms with van der Waals surface area (Å²) in [7, 11) is 1.57. The van der Waals surface area contributed by atoms with Crippen molar-refractivity contribution in [1.82, 2.24) is 0 Å². The quantitative estimate of drug-likeness (QED) is 0.741. The molecule has 0 aliphatic rings. The van der Waals surface area contributed by atoms with Crippen molar-refractivity contribution in [3.05, 3.63) is 42.0 Å². The third-order valence-corrected chi connectivity index (χ3v) is 1.85. The monoisotopic (exact) mass is 192 g/mol. The van der Waals surface area contributed by atoms with Crippen molar-refractivity contribution >= 4 is 5.97 Å². The van der Waals surface area contributed by atoms with Gasteiger partial charge in [0.1, 0.15) is 5.75 Å². The number of benzene rings is 1. The van der Waals surface area contributed by atoms with Crippen LogP contribution in [0.1, 0.15) is 5.56 Å². The zero-order chi connectivity index (χ0) is 10.6. The van der Waals surface area contributed by atoms with Crippen LogP contribution in [0.5, 0.6) is 5.75 Å². The van der Waals surface area contributed by atoms with Gasteiger partial charge in [-0.1, -0.05) is 18.7 Å². The number of hydrogen-bond donors (Lipinski definition) is 1. The van der Waals surface area contributed by atoms with E-state index in [-0.39, 0.29) is 5.57 Å². The number of carboxylic acids is 1. The van der Waals surface area contributed by atoms with Gasteiger partial charge in [0.2, 0.25) is 0 Å². The molecule has 0 fully saturated rings. The molecule has 0 heterocycles. The van der Waals surface area contributed by atoms with Crippen molar-refractivity contribution in [2.45, 2.75) is 6.42 Å². The van der Waals surface area contributed by atoms with E-state index in [1.54, 1.807) is 13.2 Å². The van der Waals surface area contributed by atoms with Gasteiger partial charge in [-0.25, -0.2) is 4.79 Å². The maximum absolute atomic E-state index is 10.5. The molecule has 0 spiro atoms. The largest absolute Gasteiger partial charge is 0.497 e. The normalized spacial score (nSPS) is 9.50. The van der Waals surface area contributed by atoms with Crippen LogP contribution in [0.15, 0.2) is 36.4 Å². The average Bonchev–Trinajstić information content (AvgIpc) is 2.18. The molecule has 0 aliphatic carbocycles. The Labute approximate surface area is 82.6 Å². The van der Waals surface area contributed by atoms with Crippen LogP contribution < -0.4 is 4.74 Å². The topological polar surface area (TPSA) is 46.5 Å². The van der Waals surface area contributed by atoms with Gasteiger partial charge < -0.3 is 9.84 Å². The molecular formula is C11H12O3. The Morgan fingerprint density at radius 1 is 1.57 bits per heavy atom. The first kappa shape index (κ1) is 10.3. The van der Waals surface area contributed by atoms with Gasteiger partial charge in [0.05, 0.1) is 7.11 Å². The average molecular weight is 192 g/mol. The summed E-state index contributed by atoms with van der Waals surface area (Å²) in [5, 5.41) is 8.64. The van der Waals surface area contributed by atoms with Crippen LogP contribution in [0.25, 0.3) is 0 Å². The number of carbonyl (C=O) groups is 1. The zero-order valence-corrected chi connectivity index (χ0v) is 7.99. The molecule has 0 saturated carbocycles. The van der Waals surface area contributed by atoms with E-state index >= 15 is 0 Å². The Morgan fingerprint density at radius 2 is 2.29 bits per heavy atom. The van der Waals surface area contributed by atoms with E-state index < -0.39 is 5.97 Å². The molecule has 74 valence electrons. The van der Waals surface area contributed by atoms with E-state index in [9.17, 15) is 4.79 Å². The third-order valence-electron chi connectivity index (χ3n) is 1.85. The fourth-order valence-corrected chi connectivity index (χ4v) is 1.10. The van der Waals surface area contributed by atoms with Gasteiger partial charge in [-0.05, 0) is 17.7 Å². The van der Waals surface area contributed by atoms with Gasteiger partial charge in [0, 0.05) is 12.0 Å². The van der Waals surface area contributed by atoms with Gasteiger partial charge in [-0.15, -0.1) is 0 Å². The Bertz CT molecular complexity index is 355. The number of methoxy groups -OCH3 is 1. The fourth-order valence-electron chi connectivity index (χ4n) is 1.10. The molecule has 0 aromatic heterocycles. The van der Waals surface area contributed by atoms with Gasteiger partial charge in [-0.3, -0.25) is 0 Å². The molecule has 0 atom stereocenters. The van der Waals surface area contributed by atoms with Crippen LogP contribution in [0.4, 0.5) is 0 Å².